The molecule has 134 valence electrons. The first-order valence-electron chi connectivity index (χ1n) is 8.67. The Balaban J connectivity index is 1.71. The second-order valence-corrected chi connectivity index (χ2v) is 6.50. The van der Waals surface area contributed by atoms with Crippen LogP contribution in [0.1, 0.15) is 34.1 Å². The molecule has 0 spiro atoms. The number of para-hydroxylation sites is 1. The van der Waals surface area contributed by atoms with Gasteiger partial charge in [-0.1, -0.05) is 48.5 Å². The van der Waals surface area contributed by atoms with Gasteiger partial charge in [-0.3, -0.25) is 9.48 Å². The molecule has 1 amide bonds. The number of hydrogen-bond donors (Lipinski definition) is 2. The molecule has 0 aliphatic carbocycles. The Morgan fingerprint density at radius 1 is 1.15 bits per heavy atom. The predicted molar refractivity (Wildman–Crippen MR) is 101 cm³/mol. The van der Waals surface area contributed by atoms with Crippen LogP contribution >= 0.6 is 0 Å². The van der Waals surface area contributed by atoms with Crippen molar-refractivity contribution in [2.75, 3.05) is 0 Å². The number of benzene rings is 2. The number of rotatable bonds is 6. The number of carbonyl (C=O) groups excluding carboxylic acids is 1. The first-order valence-corrected chi connectivity index (χ1v) is 8.67. The van der Waals surface area contributed by atoms with Crippen molar-refractivity contribution in [2.24, 2.45) is 7.05 Å². The van der Waals surface area contributed by atoms with Crippen LogP contribution in [0.15, 0.2) is 60.8 Å². The summed E-state index contributed by atoms with van der Waals surface area (Å²) in [5, 5.41) is 17.2. The molecule has 1 unspecified atom stereocenters. The van der Waals surface area contributed by atoms with Crippen LogP contribution in [0.25, 0.3) is 0 Å². The topological polar surface area (TPSA) is 67.2 Å². The van der Waals surface area contributed by atoms with Crippen LogP contribution in [-0.4, -0.2) is 26.8 Å². The number of phenols is 1. The molecular formula is C21H23N3O2. The number of aromatic hydroxyl groups is 1. The van der Waals surface area contributed by atoms with E-state index in [0.29, 0.717) is 18.4 Å². The molecule has 2 aromatic carbocycles. The summed E-state index contributed by atoms with van der Waals surface area (Å²) >= 11 is 0. The molecule has 0 bridgehead atoms. The SMILES string of the molecule is CC(Cc1ccccc1O)NC(=O)c1cnn(C)c1Cc1ccccc1. The van der Waals surface area contributed by atoms with Gasteiger partial charge in [-0.2, -0.15) is 5.10 Å². The smallest absolute Gasteiger partial charge is 0.254 e. The number of phenolic OH excluding ortho intramolecular Hbond substituents is 1. The summed E-state index contributed by atoms with van der Waals surface area (Å²) in [6, 6.07) is 17.1. The molecule has 5 nitrogen and oxygen atoms in total. The standard InChI is InChI=1S/C21H23N3O2/c1-15(12-17-10-6-7-11-20(17)25)23-21(26)18-14-22-24(2)19(18)13-16-8-4-3-5-9-16/h3-11,14-15,25H,12-13H2,1-2H3,(H,23,26). The zero-order chi connectivity index (χ0) is 18.5. The summed E-state index contributed by atoms with van der Waals surface area (Å²) in [6.07, 6.45) is 2.82. The van der Waals surface area contributed by atoms with Crippen LogP contribution < -0.4 is 5.32 Å². The zero-order valence-corrected chi connectivity index (χ0v) is 15.0. The van der Waals surface area contributed by atoms with Crippen LogP contribution in [0.2, 0.25) is 0 Å². The Hall–Kier alpha value is -3.08. The van der Waals surface area contributed by atoms with Crippen LogP contribution in [0.4, 0.5) is 0 Å². The summed E-state index contributed by atoms with van der Waals surface area (Å²) in [7, 11) is 1.85. The normalized spacial score (nSPS) is 11.9. The molecule has 1 aromatic heterocycles. The average molecular weight is 349 g/mol. The van der Waals surface area contributed by atoms with Gasteiger partial charge < -0.3 is 10.4 Å². The minimum absolute atomic E-state index is 0.111. The Morgan fingerprint density at radius 3 is 2.58 bits per heavy atom. The highest BCUT2D eigenvalue weighted by molar-refractivity contribution is 5.95. The molecule has 3 aromatic rings. The highest BCUT2D eigenvalue weighted by Gasteiger charge is 2.18. The summed E-state index contributed by atoms with van der Waals surface area (Å²) in [5.74, 6) is 0.103. The molecule has 0 aliphatic rings. The van der Waals surface area contributed by atoms with Crippen LogP contribution in [0.3, 0.4) is 0 Å². The van der Waals surface area contributed by atoms with Gasteiger partial charge in [-0.05, 0) is 30.5 Å². The van der Waals surface area contributed by atoms with Gasteiger partial charge in [0.2, 0.25) is 0 Å². The molecule has 0 saturated carbocycles. The van der Waals surface area contributed by atoms with Crippen molar-refractivity contribution in [1.82, 2.24) is 15.1 Å². The summed E-state index contributed by atoms with van der Waals surface area (Å²) in [6.45, 7) is 1.93. The van der Waals surface area contributed by atoms with Gasteiger partial charge in [0.1, 0.15) is 5.75 Å². The molecule has 5 heteroatoms. The number of aryl methyl sites for hydroxylation is 1. The summed E-state index contributed by atoms with van der Waals surface area (Å²) < 4.78 is 1.75. The van der Waals surface area contributed by atoms with E-state index >= 15 is 0 Å². The number of nitrogens with zero attached hydrogens (tertiary/aromatic N) is 2. The van der Waals surface area contributed by atoms with Crippen molar-refractivity contribution in [3.05, 3.63) is 83.2 Å². The molecule has 1 heterocycles. The Labute approximate surface area is 153 Å². The minimum Gasteiger partial charge on any atom is -0.508 e. The highest BCUT2D eigenvalue weighted by atomic mass is 16.3. The van der Waals surface area contributed by atoms with Crippen molar-refractivity contribution in [3.8, 4) is 5.75 Å². The maximum Gasteiger partial charge on any atom is 0.254 e. The predicted octanol–water partition coefficient (Wildman–Crippen LogP) is 3.08. The van der Waals surface area contributed by atoms with Crippen LogP contribution in [-0.2, 0) is 19.9 Å². The number of hydrogen-bond acceptors (Lipinski definition) is 3. The van der Waals surface area contributed by atoms with Crippen molar-refractivity contribution in [2.45, 2.75) is 25.8 Å². The number of amides is 1. The van der Waals surface area contributed by atoms with Crippen molar-refractivity contribution < 1.29 is 9.90 Å². The molecule has 0 radical (unpaired) electrons. The second kappa shape index (κ2) is 7.87. The van der Waals surface area contributed by atoms with E-state index < -0.39 is 0 Å². The molecule has 2 N–H and O–H groups in total. The van der Waals surface area contributed by atoms with Crippen molar-refractivity contribution >= 4 is 5.91 Å². The van der Waals surface area contributed by atoms with E-state index in [1.165, 1.54) is 0 Å². The highest BCUT2D eigenvalue weighted by Crippen LogP contribution is 2.18. The largest absolute Gasteiger partial charge is 0.508 e. The number of carbonyl (C=O) groups is 1. The van der Waals surface area contributed by atoms with Crippen molar-refractivity contribution in [3.63, 3.8) is 0 Å². The summed E-state index contributed by atoms with van der Waals surface area (Å²) in [4.78, 5) is 12.7. The van der Waals surface area contributed by atoms with E-state index in [-0.39, 0.29) is 17.7 Å². The summed E-state index contributed by atoms with van der Waals surface area (Å²) in [5.41, 5.74) is 3.41. The monoisotopic (exact) mass is 349 g/mol. The lowest BCUT2D eigenvalue weighted by Crippen LogP contribution is -2.34. The lowest BCUT2D eigenvalue weighted by molar-refractivity contribution is 0.0939. The lowest BCUT2D eigenvalue weighted by Gasteiger charge is -2.15. The molecule has 0 saturated heterocycles. The molecule has 26 heavy (non-hydrogen) atoms. The average Bonchev–Trinajstić information content (AvgIpc) is 2.98. The van der Waals surface area contributed by atoms with Gasteiger partial charge in [0.25, 0.3) is 5.91 Å². The van der Waals surface area contributed by atoms with Crippen molar-refractivity contribution in [1.29, 1.82) is 0 Å². The third-order valence-corrected chi connectivity index (χ3v) is 4.42. The van der Waals surface area contributed by atoms with Crippen LogP contribution in [0.5, 0.6) is 5.75 Å². The molecule has 0 fully saturated rings. The Kier molecular flexibility index (Phi) is 5.37. The maximum absolute atomic E-state index is 12.7. The molecule has 0 aliphatic heterocycles. The number of nitrogens with one attached hydrogen (secondary N) is 1. The van der Waals surface area contributed by atoms with Gasteiger partial charge >= 0.3 is 0 Å². The third kappa shape index (κ3) is 4.11. The van der Waals surface area contributed by atoms with E-state index in [9.17, 15) is 9.90 Å². The molecule has 1 atom stereocenters. The van der Waals surface area contributed by atoms with Crippen LogP contribution in [0, 0.1) is 0 Å². The van der Waals surface area contributed by atoms with E-state index in [1.807, 2.05) is 56.4 Å². The third-order valence-electron chi connectivity index (χ3n) is 4.42. The first kappa shape index (κ1) is 17.7. The molecule has 3 rings (SSSR count). The second-order valence-electron chi connectivity index (χ2n) is 6.50. The quantitative estimate of drug-likeness (QED) is 0.719. The Morgan fingerprint density at radius 2 is 1.85 bits per heavy atom. The maximum atomic E-state index is 12.7. The molecular weight excluding hydrogens is 326 g/mol. The van der Waals surface area contributed by atoms with Gasteiger partial charge in [0.05, 0.1) is 17.5 Å². The van der Waals surface area contributed by atoms with Gasteiger partial charge in [-0.25, -0.2) is 0 Å². The van der Waals surface area contributed by atoms with E-state index in [4.69, 9.17) is 0 Å². The van der Waals surface area contributed by atoms with E-state index in [1.54, 1.807) is 23.0 Å². The lowest BCUT2D eigenvalue weighted by atomic mass is 10.0. The number of aromatic nitrogens is 2. The Bertz CT molecular complexity index is 887. The van der Waals surface area contributed by atoms with E-state index in [0.717, 1.165) is 16.8 Å². The fraction of sp³-hybridized carbons (Fsp3) is 0.238. The van der Waals surface area contributed by atoms with Gasteiger partial charge in [0.15, 0.2) is 0 Å². The minimum atomic E-state index is -0.146. The fourth-order valence-corrected chi connectivity index (χ4v) is 3.02. The van der Waals surface area contributed by atoms with Gasteiger partial charge in [0, 0.05) is 19.5 Å². The van der Waals surface area contributed by atoms with E-state index in [2.05, 4.69) is 10.4 Å². The fourth-order valence-electron chi connectivity index (χ4n) is 3.02. The zero-order valence-electron chi connectivity index (χ0n) is 15.0. The van der Waals surface area contributed by atoms with Gasteiger partial charge in [-0.15, -0.1) is 0 Å². The first-order chi connectivity index (χ1) is 12.5.